The summed E-state index contributed by atoms with van der Waals surface area (Å²) in [7, 11) is 0. The standard InChI is InChI=1S/C14H10BrFN2O3/c15-12-4-1-8(16)5-11(12)14(21)18-10-3-2-9(17-7-10)6-13(19)20/h1-5,7H,6H2,(H,18,21)(H,19,20). The van der Waals surface area contributed by atoms with Crippen LogP contribution in [0.15, 0.2) is 41.0 Å². The van der Waals surface area contributed by atoms with Crippen molar-refractivity contribution in [2.45, 2.75) is 6.42 Å². The second-order valence-electron chi connectivity index (χ2n) is 4.19. The molecular formula is C14H10BrFN2O3. The Labute approximate surface area is 128 Å². The number of aliphatic carboxylic acids is 1. The Hall–Kier alpha value is -2.28. The fourth-order valence-corrected chi connectivity index (χ4v) is 2.05. The van der Waals surface area contributed by atoms with Crippen molar-refractivity contribution in [1.82, 2.24) is 4.98 Å². The molecule has 0 aliphatic heterocycles. The van der Waals surface area contributed by atoms with Gasteiger partial charge in [-0.1, -0.05) is 0 Å². The van der Waals surface area contributed by atoms with Crippen LogP contribution in [-0.2, 0) is 11.2 Å². The van der Waals surface area contributed by atoms with Gasteiger partial charge in [0.15, 0.2) is 0 Å². The number of rotatable bonds is 4. The van der Waals surface area contributed by atoms with Crippen LogP contribution in [0.3, 0.4) is 0 Å². The summed E-state index contributed by atoms with van der Waals surface area (Å²) in [6.45, 7) is 0. The number of aromatic nitrogens is 1. The lowest BCUT2D eigenvalue weighted by Gasteiger charge is -2.07. The molecule has 1 amide bonds. The van der Waals surface area contributed by atoms with Crippen LogP contribution in [0.2, 0.25) is 0 Å². The highest BCUT2D eigenvalue weighted by Crippen LogP contribution is 2.19. The number of carbonyl (C=O) groups is 2. The van der Waals surface area contributed by atoms with Crippen LogP contribution in [0, 0.1) is 5.82 Å². The molecule has 0 bridgehead atoms. The second kappa shape index (κ2) is 6.45. The van der Waals surface area contributed by atoms with Crippen LogP contribution in [0.5, 0.6) is 0 Å². The quantitative estimate of drug-likeness (QED) is 0.886. The molecule has 0 spiro atoms. The Bertz CT molecular complexity index is 689. The number of nitrogens with zero attached hydrogens (tertiary/aromatic N) is 1. The number of nitrogens with one attached hydrogen (secondary N) is 1. The molecule has 0 saturated carbocycles. The molecule has 108 valence electrons. The van der Waals surface area contributed by atoms with Crippen LogP contribution < -0.4 is 5.32 Å². The van der Waals surface area contributed by atoms with E-state index in [0.29, 0.717) is 15.9 Å². The van der Waals surface area contributed by atoms with E-state index in [1.54, 1.807) is 0 Å². The first kappa shape index (κ1) is 15.1. The maximum atomic E-state index is 13.2. The van der Waals surface area contributed by atoms with Crippen molar-refractivity contribution < 1.29 is 19.1 Å². The normalized spacial score (nSPS) is 10.2. The Morgan fingerprint density at radius 3 is 2.67 bits per heavy atom. The van der Waals surface area contributed by atoms with Gasteiger partial charge in [0, 0.05) is 4.47 Å². The molecule has 2 N–H and O–H groups in total. The smallest absolute Gasteiger partial charge is 0.309 e. The molecule has 21 heavy (non-hydrogen) atoms. The van der Waals surface area contributed by atoms with E-state index in [2.05, 4.69) is 26.2 Å². The predicted octanol–water partition coefficient (Wildman–Crippen LogP) is 2.86. The molecule has 0 unspecified atom stereocenters. The summed E-state index contributed by atoms with van der Waals surface area (Å²) in [4.78, 5) is 26.5. The first-order valence-electron chi connectivity index (χ1n) is 5.89. The molecule has 1 aromatic carbocycles. The zero-order valence-corrected chi connectivity index (χ0v) is 12.2. The molecule has 0 aliphatic carbocycles. The molecule has 1 heterocycles. The summed E-state index contributed by atoms with van der Waals surface area (Å²) < 4.78 is 13.6. The van der Waals surface area contributed by atoms with E-state index in [1.807, 2.05) is 0 Å². The highest BCUT2D eigenvalue weighted by atomic mass is 79.9. The van der Waals surface area contributed by atoms with Crippen molar-refractivity contribution in [1.29, 1.82) is 0 Å². The molecule has 5 nitrogen and oxygen atoms in total. The van der Waals surface area contributed by atoms with E-state index < -0.39 is 17.7 Å². The Morgan fingerprint density at radius 2 is 2.05 bits per heavy atom. The van der Waals surface area contributed by atoms with E-state index in [9.17, 15) is 14.0 Å². The van der Waals surface area contributed by atoms with E-state index in [1.165, 1.54) is 30.5 Å². The van der Waals surface area contributed by atoms with Crippen molar-refractivity contribution in [3.8, 4) is 0 Å². The number of pyridine rings is 1. The molecule has 0 saturated heterocycles. The summed E-state index contributed by atoms with van der Waals surface area (Å²) in [5.74, 6) is -1.99. The lowest BCUT2D eigenvalue weighted by Crippen LogP contribution is -2.13. The maximum absolute atomic E-state index is 13.2. The van der Waals surface area contributed by atoms with Gasteiger partial charge in [0.25, 0.3) is 5.91 Å². The van der Waals surface area contributed by atoms with E-state index >= 15 is 0 Å². The molecule has 0 radical (unpaired) electrons. The van der Waals surface area contributed by atoms with Gasteiger partial charge in [0.05, 0.1) is 29.6 Å². The van der Waals surface area contributed by atoms with Crippen LogP contribution in [0.25, 0.3) is 0 Å². The second-order valence-corrected chi connectivity index (χ2v) is 5.04. The number of hydrogen-bond donors (Lipinski definition) is 2. The lowest BCUT2D eigenvalue weighted by atomic mass is 10.2. The van der Waals surface area contributed by atoms with Gasteiger partial charge in [-0.3, -0.25) is 14.6 Å². The number of anilines is 1. The molecule has 2 aromatic rings. The van der Waals surface area contributed by atoms with Gasteiger partial charge in [-0.05, 0) is 46.3 Å². The SMILES string of the molecule is O=C(O)Cc1ccc(NC(=O)c2cc(F)ccc2Br)cn1. The summed E-state index contributed by atoms with van der Waals surface area (Å²) in [5.41, 5.74) is 0.933. The highest BCUT2D eigenvalue weighted by molar-refractivity contribution is 9.10. The first-order chi connectivity index (χ1) is 9.95. The Morgan fingerprint density at radius 1 is 1.29 bits per heavy atom. The van der Waals surface area contributed by atoms with E-state index in [0.717, 1.165) is 6.07 Å². The summed E-state index contributed by atoms with van der Waals surface area (Å²) in [6, 6.07) is 6.84. The highest BCUT2D eigenvalue weighted by Gasteiger charge is 2.12. The first-order valence-corrected chi connectivity index (χ1v) is 6.68. The zero-order chi connectivity index (χ0) is 15.4. The van der Waals surface area contributed by atoms with Crippen molar-refractivity contribution in [3.05, 3.63) is 58.1 Å². The topological polar surface area (TPSA) is 79.3 Å². The Balaban J connectivity index is 2.12. The number of carbonyl (C=O) groups excluding carboxylic acids is 1. The van der Waals surface area contributed by atoms with Gasteiger partial charge in [0.1, 0.15) is 5.82 Å². The van der Waals surface area contributed by atoms with Gasteiger partial charge in [-0.15, -0.1) is 0 Å². The van der Waals surface area contributed by atoms with Crippen LogP contribution in [0.1, 0.15) is 16.1 Å². The molecule has 1 aromatic heterocycles. The van der Waals surface area contributed by atoms with Crippen molar-refractivity contribution in [2.24, 2.45) is 0 Å². The fourth-order valence-electron chi connectivity index (χ4n) is 1.63. The zero-order valence-electron chi connectivity index (χ0n) is 10.6. The molecule has 0 aliphatic rings. The largest absolute Gasteiger partial charge is 0.481 e. The van der Waals surface area contributed by atoms with Crippen LogP contribution in [0.4, 0.5) is 10.1 Å². The third-order valence-electron chi connectivity index (χ3n) is 2.59. The van der Waals surface area contributed by atoms with Crippen molar-refractivity contribution in [2.75, 3.05) is 5.32 Å². The minimum atomic E-state index is -0.983. The maximum Gasteiger partial charge on any atom is 0.309 e. The number of carboxylic acids is 1. The molecule has 0 fully saturated rings. The number of benzene rings is 1. The molecular weight excluding hydrogens is 343 g/mol. The number of halogens is 2. The van der Waals surface area contributed by atoms with Gasteiger partial charge in [-0.2, -0.15) is 0 Å². The van der Waals surface area contributed by atoms with Gasteiger partial charge in [0.2, 0.25) is 0 Å². The Kier molecular flexibility index (Phi) is 4.64. The van der Waals surface area contributed by atoms with Crippen LogP contribution in [-0.4, -0.2) is 22.0 Å². The third kappa shape index (κ3) is 4.09. The fraction of sp³-hybridized carbons (Fsp3) is 0.0714. The minimum Gasteiger partial charge on any atom is -0.481 e. The number of amides is 1. The lowest BCUT2D eigenvalue weighted by molar-refractivity contribution is -0.136. The predicted molar refractivity (Wildman–Crippen MR) is 77.6 cm³/mol. The third-order valence-corrected chi connectivity index (χ3v) is 3.28. The van der Waals surface area contributed by atoms with Crippen molar-refractivity contribution in [3.63, 3.8) is 0 Å². The van der Waals surface area contributed by atoms with E-state index in [4.69, 9.17) is 5.11 Å². The molecule has 2 rings (SSSR count). The van der Waals surface area contributed by atoms with Crippen molar-refractivity contribution >= 4 is 33.5 Å². The van der Waals surface area contributed by atoms with Gasteiger partial charge < -0.3 is 10.4 Å². The van der Waals surface area contributed by atoms with E-state index in [-0.39, 0.29) is 12.0 Å². The minimum absolute atomic E-state index is 0.157. The van der Waals surface area contributed by atoms with Gasteiger partial charge >= 0.3 is 5.97 Å². The van der Waals surface area contributed by atoms with Gasteiger partial charge in [-0.25, -0.2) is 4.39 Å². The average Bonchev–Trinajstić information content (AvgIpc) is 2.43. The monoisotopic (exact) mass is 352 g/mol. The summed E-state index contributed by atoms with van der Waals surface area (Å²) in [6.07, 6.45) is 1.16. The van der Waals surface area contributed by atoms with Crippen LogP contribution >= 0.6 is 15.9 Å². The summed E-state index contributed by atoms with van der Waals surface area (Å²) >= 11 is 3.17. The summed E-state index contributed by atoms with van der Waals surface area (Å²) in [5, 5.41) is 11.2. The average molecular weight is 353 g/mol. The number of hydrogen-bond acceptors (Lipinski definition) is 3. The molecule has 7 heteroatoms. The molecule has 0 atom stereocenters. The number of carboxylic acid groups (broad SMARTS) is 1.